The molecule has 58 heavy (non-hydrogen) atoms. The number of carbonyl (C=O) groups excluding carboxylic acids is 2. The molecule has 1 aliphatic rings. The third-order valence-electron chi connectivity index (χ3n) is 9.22. The molecule has 3 aromatic heterocycles. The molecular formula is C39H38ClF4N7O6S. The number of fused-ring (bicyclic) bond motifs is 2. The number of alkyl halides is 2. The molecule has 0 aliphatic heterocycles. The molecule has 1 amide bonds. The van der Waals surface area contributed by atoms with E-state index >= 15 is 8.78 Å². The fraction of sp³-hybridized carbons (Fsp3) is 0.359. The molecule has 0 bridgehead atoms. The van der Waals surface area contributed by atoms with Crippen molar-refractivity contribution in [2.24, 2.45) is 13.0 Å². The van der Waals surface area contributed by atoms with Gasteiger partial charge >= 0.3 is 5.97 Å². The van der Waals surface area contributed by atoms with Gasteiger partial charge in [-0.15, -0.1) is 0 Å². The average molecular weight is 844 g/mol. The van der Waals surface area contributed by atoms with Gasteiger partial charge in [-0.3, -0.25) is 18.9 Å². The normalized spacial score (nSPS) is 15.4. The van der Waals surface area contributed by atoms with Crippen molar-refractivity contribution in [3.63, 3.8) is 0 Å². The summed E-state index contributed by atoms with van der Waals surface area (Å²) in [5.41, 5.74) is -1.16. The number of aromatic nitrogens is 5. The van der Waals surface area contributed by atoms with Crippen molar-refractivity contribution in [3.05, 3.63) is 93.0 Å². The van der Waals surface area contributed by atoms with E-state index in [0.29, 0.717) is 22.7 Å². The quantitative estimate of drug-likeness (QED) is 0.0843. The predicted molar refractivity (Wildman–Crippen MR) is 206 cm³/mol. The lowest BCUT2D eigenvalue weighted by Crippen LogP contribution is -2.35. The summed E-state index contributed by atoms with van der Waals surface area (Å²) in [6.45, 7) is 4.92. The van der Waals surface area contributed by atoms with Crippen LogP contribution in [0.1, 0.15) is 72.4 Å². The van der Waals surface area contributed by atoms with Gasteiger partial charge < -0.3 is 15.2 Å². The van der Waals surface area contributed by atoms with Gasteiger partial charge in [-0.2, -0.15) is 19.0 Å². The maximum atomic E-state index is 15.6. The summed E-state index contributed by atoms with van der Waals surface area (Å²) in [5.74, 6) is -2.92. The Labute approximate surface area is 335 Å². The third kappa shape index (κ3) is 8.81. The van der Waals surface area contributed by atoms with Crippen LogP contribution in [-0.4, -0.2) is 68.4 Å². The summed E-state index contributed by atoms with van der Waals surface area (Å²) in [6.07, 6.45) is 0.451. The minimum absolute atomic E-state index is 0.0368. The maximum Gasteiger partial charge on any atom is 0.359 e. The van der Waals surface area contributed by atoms with Crippen LogP contribution in [0, 0.1) is 29.4 Å². The van der Waals surface area contributed by atoms with Crippen molar-refractivity contribution < 1.29 is 45.4 Å². The lowest BCUT2D eigenvalue weighted by Gasteiger charge is -2.23. The number of nitrogens with zero attached hydrogens (tertiary/aromatic N) is 5. The topological polar surface area (TPSA) is 170 Å². The summed E-state index contributed by atoms with van der Waals surface area (Å²) in [6, 6.07) is 7.73. The smallest absolute Gasteiger partial charge is 0.359 e. The van der Waals surface area contributed by atoms with Crippen LogP contribution in [0.15, 0.2) is 42.5 Å². The number of aliphatic hydroxyl groups is 1. The summed E-state index contributed by atoms with van der Waals surface area (Å²) < 4.78 is 94.5. The van der Waals surface area contributed by atoms with Crippen LogP contribution >= 0.6 is 11.6 Å². The van der Waals surface area contributed by atoms with Gasteiger partial charge in [0.25, 0.3) is 5.92 Å². The Morgan fingerprint density at radius 2 is 1.79 bits per heavy atom. The van der Waals surface area contributed by atoms with Crippen LogP contribution in [0.4, 0.5) is 23.4 Å². The number of hydrogen-bond donors (Lipinski definition) is 3. The fourth-order valence-electron chi connectivity index (χ4n) is 6.87. The van der Waals surface area contributed by atoms with Gasteiger partial charge in [0.05, 0.1) is 40.5 Å². The van der Waals surface area contributed by atoms with Gasteiger partial charge in [0.2, 0.25) is 15.9 Å². The number of esters is 1. The molecule has 0 spiro atoms. The molecule has 2 unspecified atom stereocenters. The minimum Gasteiger partial charge on any atom is -0.461 e. The Morgan fingerprint density at radius 3 is 2.43 bits per heavy atom. The molecule has 0 fully saturated rings. The SMILES string of the molecule is CCOC(=O)c1nn(CC(=O)NC(Cc2cc(F)cc(F)c2)c2nc(C#CC(C)(C)O)ccc2-c2ccc(Cl)c3c(NS(C)(=O)=O)nn(C)c23)c2c1CC(C)C2(F)F. The second kappa shape index (κ2) is 15.7. The first-order chi connectivity index (χ1) is 27.1. The highest BCUT2D eigenvalue weighted by Gasteiger charge is 2.51. The molecule has 0 saturated carbocycles. The van der Waals surface area contributed by atoms with Crippen LogP contribution in [0.2, 0.25) is 5.02 Å². The van der Waals surface area contributed by atoms with E-state index in [-0.39, 0.29) is 63.9 Å². The molecule has 0 radical (unpaired) electrons. The molecular weight excluding hydrogens is 806 g/mol. The summed E-state index contributed by atoms with van der Waals surface area (Å²) in [7, 11) is -2.27. The highest BCUT2D eigenvalue weighted by molar-refractivity contribution is 7.92. The highest BCUT2D eigenvalue weighted by Crippen LogP contribution is 2.47. The van der Waals surface area contributed by atoms with Gasteiger partial charge in [0.1, 0.15) is 35.2 Å². The Hall–Kier alpha value is -5.51. The number of carbonyl (C=O) groups is 2. The molecule has 0 saturated heterocycles. The highest BCUT2D eigenvalue weighted by atomic mass is 35.5. The third-order valence-corrected chi connectivity index (χ3v) is 10.1. The van der Waals surface area contributed by atoms with E-state index in [4.69, 9.17) is 21.3 Å². The number of nitrogens with one attached hydrogen (secondary N) is 2. The van der Waals surface area contributed by atoms with Crippen LogP contribution < -0.4 is 10.0 Å². The second-order valence-electron chi connectivity index (χ2n) is 14.5. The largest absolute Gasteiger partial charge is 0.461 e. The van der Waals surface area contributed by atoms with Gasteiger partial charge in [-0.1, -0.05) is 30.5 Å². The Kier molecular flexibility index (Phi) is 11.4. The first-order valence-electron chi connectivity index (χ1n) is 17.9. The van der Waals surface area contributed by atoms with Crippen molar-refractivity contribution in [3.8, 4) is 23.0 Å². The fourth-order valence-corrected chi connectivity index (χ4v) is 7.60. The van der Waals surface area contributed by atoms with Crippen molar-refractivity contribution in [1.29, 1.82) is 0 Å². The first-order valence-corrected chi connectivity index (χ1v) is 20.1. The first kappa shape index (κ1) is 42.1. The number of anilines is 1. The monoisotopic (exact) mass is 843 g/mol. The average Bonchev–Trinajstić information content (AvgIpc) is 3.70. The zero-order valence-electron chi connectivity index (χ0n) is 32.0. The number of benzene rings is 2. The maximum absolute atomic E-state index is 15.6. The molecule has 1 aliphatic carbocycles. The Morgan fingerprint density at radius 1 is 1.12 bits per heavy atom. The molecule has 2 aromatic carbocycles. The Balaban J connectivity index is 1.53. The lowest BCUT2D eigenvalue weighted by atomic mass is 9.93. The molecule has 306 valence electrons. The number of halogens is 5. The number of ether oxygens (including phenoxy) is 1. The number of aryl methyl sites for hydroxylation is 1. The summed E-state index contributed by atoms with van der Waals surface area (Å²) in [5, 5.41) is 21.9. The van der Waals surface area contributed by atoms with E-state index in [0.717, 1.165) is 23.1 Å². The zero-order valence-corrected chi connectivity index (χ0v) is 33.6. The van der Waals surface area contributed by atoms with Gasteiger partial charge in [-0.25, -0.2) is 27.0 Å². The number of hydrogen-bond acceptors (Lipinski definition) is 9. The summed E-state index contributed by atoms with van der Waals surface area (Å²) in [4.78, 5) is 31.6. The van der Waals surface area contributed by atoms with Gasteiger partial charge in [-0.05, 0) is 75.4 Å². The molecule has 19 heteroatoms. The van der Waals surface area contributed by atoms with E-state index in [1.165, 1.54) is 37.6 Å². The van der Waals surface area contributed by atoms with Crippen molar-refractivity contribution >= 4 is 50.2 Å². The van der Waals surface area contributed by atoms with Crippen LogP contribution in [0.5, 0.6) is 0 Å². The number of pyridine rings is 1. The van der Waals surface area contributed by atoms with E-state index in [9.17, 15) is 31.9 Å². The zero-order chi connectivity index (χ0) is 42.5. The molecule has 2 atom stereocenters. The lowest BCUT2D eigenvalue weighted by molar-refractivity contribution is -0.123. The standard InChI is InChI=1S/C39H38ClF4N7O6S/c1-7-57-37(53)33-27-14-20(2)39(43,44)35(27)51(47-33)19-30(52)46-29(17-21-15-22(41)18-23(42)16-21)32-25(9-8-24(45-32)12-13-38(3,4)54)26-10-11-28(40)31-34(26)50(5)48-36(31)49-58(6,55)56/h8-11,15-16,18,20,29,54H,7,14,17,19H2,1-6H3,(H,46,52)(H,48,49). The van der Waals surface area contributed by atoms with Gasteiger partial charge in [0.15, 0.2) is 11.5 Å². The predicted octanol–water partition coefficient (Wildman–Crippen LogP) is 5.82. The van der Waals surface area contributed by atoms with Crippen LogP contribution in [0.25, 0.3) is 22.0 Å². The van der Waals surface area contributed by atoms with Crippen molar-refractivity contribution in [1.82, 2.24) is 29.9 Å². The number of amides is 1. The van der Waals surface area contributed by atoms with Crippen molar-refractivity contribution in [2.75, 3.05) is 17.6 Å². The second-order valence-corrected chi connectivity index (χ2v) is 16.6. The van der Waals surface area contributed by atoms with E-state index in [1.807, 2.05) is 0 Å². The summed E-state index contributed by atoms with van der Waals surface area (Å²) >= 11 is 6.60. The number of sulfonamides is 1. The van der Waals surface area contributed by atoms with Gasteiger partial charge in [0, 0.05) is 35.7 Å². The van der Waals surface area contributed by atoms with Crippen LogP contribution in [-0.2, 0) is 51.9 Å². The molecule has 13 nitrogen and oxygen atoms in total. The molecule has 5 aromatic rings. The van der Waals surface area contributed by atoms with Crippen LogP contribution in [0.3, 0.4) is 0 Å². The van der Waals surface area contributed by atoms with E-state index < -0.39 is 69.3 Å². The minimum atomic E-state index is -3.82. The van der Waals surface area contributed by atoms with Crippen molar-refractivity contribution in [2.45, 2.75) is 64.6 Å². The Bertz CT molecular complexity index is 2630. The van der Waals surface area contributed by atoms with E-state index in [2.05, 4.69) is 32.1 Å². The van der Waals surface area contributed by atoms with E-state index in [1.54, 1.807) is 26.1 Å². The molecule has 6 rings (SSSR count). The molecule has 3 heterocycles. The molecule has 3 N–H and O–H groups in total. The number of rotatable bonds is 11.